The molecule has 0 bridgehead atoms. The van der Waals surface area contributed by atoms with Crippen LogP contribution in [0.15, 0.2) is 16.5 Å². The molecule has 2 unspecified atom stereocenters. The first kappa shape index (κ1) is 9.16. The van der Waals surface area contributed by atoms with Crippen LogP contribution in [0.4, 0.5) is 0 Å². The number of hydrogen-bond donors (Lipinski definition) is 1. The maximum absolute atomic E-state index is 5.68. The molecule has 0 amide bonds. The molecule has 2 atom stereocenters. The lowest BCUT2D eigenvalue weighted by Crippen LogP contribution is -2.13. The Morgan fingerprint density at radius 2 is 2.46 bits per heavy atom. The van der Waals surface area contributed by atoms with Gasteiger partial charge in [-0.3, -0.25) is 5.32 Å². The van der Waals surface area contributed by atoms with Crippen molar-refractivity contribution in [3.8, 4) is 0 Å². The predicted octanol–water partition coefficient (Wildman–Crippen LogP) is 2.57. The molecule has 2 heterocycles. The molecule has 1 aliphatic heterocycles. The van der Waals surface area contributed by atoms with E-state index in [2.05, 4.69) is 31.3 Å². The Morgan fingerprint density at radius 3 is 3.00 bits per heavy atom. The van der Waals surface area contributed by atoms with Gasteiger partial charge in [0.15, 0.2) is 0 Å². The van der Waals surface area contributed by atoms with Crippen molar-refractivity contribution >= 4 is 11.8 Å². The van der Waals surface area contributed by atoms with Crippen molar-refractivity contribution in [3.05, 3.63) is 23.7 Å². The fourth-order valence-corrected chi connectivity index (χ4v) is 2.60. The topological polar surface area (TPSA) is 25.2 Å². The SMILES string of the molecule is CCc1ccc(C2NCC(C)S2)o1. The zero-order chi connectivity index (χ0) is 9.26. The summed E-state index contributed by atoms with van der Waals surface area (Å²) in [7, 11) is 0. The molecule has 1 aliphatic rings. The molecule has 0 spiro atoms. The summed E-state index contributed by atoms with van der Waals surface area (Å²) in [5.74, 6) is 2.16. The number of hydrogen-bond acceptors (Lipinski definition) is 3. The first-order valence-corrected chi connectivity index (χ1v) is 5.71. The quantitative estimate of drug-likeness (QED) is 0.789. The van der Waals surface area contributed by atoms with E-state index < -0.39 is 0 Å². The number of nitrogens with one attached hydrogen (secondary N) is 1. The summed E-state index contributed by atoms with van der Waals surface area (Å²) in [6, 6.07) is 4.15. The summed E-state index contributed by atoms with van der Waals surface area (Å²) in [5, 5.41) is 4.49. The molecule has 0 aromatic carbocycles. The summed E-state index contributed by atoms with van der Waals surface area (Å²) in [4.78, 5) is 0. The van der Waals surface area contributed by atoms with Gasteiger partial charge in [-0.15, -0.1) is 11.8 Å². The van der Waals surface area contributed by atoms with Crippen LogP contribution >= 0.6 is 11.8 Å². The second kappa shape index (κ2) is 3.76. The maximum atomic E-state index is 5.68. The van der Waals surface area contributed by atoms with Crippen molar-refractivity contribution in [1.29, 1.82) is 0 Å². The van der Waals surface area contributed by atoms with Crippen LogP contribution in [0.5, 0.6) is 0 Å². The van der Waals surface area contributed by atoms with E-state index in [-0.39, 0.29) is 0 Å². The Kier molecular flexibility index (Phi) is 2.65. The monoisotopic (exact) mass is 197 g/mol. The molecule has 1 aromatic heterocycles. The minimum absolute atomic E-state index is 0.371. The molecule has 72 valence electrons. The van der Waals surface area contributed by atoms with Crippen LogP contribution < -0.4 is 5.32 Å². The molecular formula is C10H15NOS. The van der Waals surface area contributed by atoms with E-state index in [4.69, 9.17) is 4.42 Å². The summed E-state index contributed by atoms with van der Waals surface area (Å²) in [6.45, 7) is 5.43. The average molecular weight is 197 g/mol. The lowest BCUT2D eigenvalue weighted by Gasteiger charge is -2.04. The third kappa shape index (κ3) is 1.92. The molecule has 0 radical (unpaired) electrons. The number of aryl methyl sites for hydroxylation is 1. The molecule has 1 fully saturated rings. The summed E-state index contributed by atoms with van der Waals surface area (Å²) in [6.07, 6.45) is 0.979. The van der Waals surface area contributed by atoms with Gasteiger partial charge in [-0.1, -0.05) is 13.8 Å². The highest BCUT2D eigenvalue weighted by Gasteiger charge is 2.24. The summed E-state index contributed by atoms with van der Waals surface area (Å²) < 4.78 is 5.68. The Morgan fingerprint density at radius 1 is 1.62 bits per heavy atom. The highest BCUT2D eigenvalue weighted by Crippen LogP contribution is 2.35. The molecule has 1 saturated heterocycles. The third-order valence-electron chi connectivity index (χ3n) is 2.25. The zero-order valence-corrected chi connectivity index (χ0v) is 8.86. The molecule has 2 nitrogen and oxygen atoms in total. The molecule has 2 rings (SSSR count). The Balaban J connectivity index is 2.08. The van der Waals surface area contributed by atoms with Crippen molar-refractivity contribution in [2.45, 2.75) is 30.9 Å². The van der Waals surface area contributed by atoms with Gasteiger partial charge in [0, 0.05) is 18.2 Å². The van der Waals surface area contributed by atoms with Crippen LogP contribution in [-0.2, 0) is 6.42 Å². The third-order valence-corrected chi connectivity index (χ3v) is 3.55. The van der Waals surface area contributed by atoms with Crippen molar-refractivity contribution in [3.63, 3.8) is 0 Å². The standard InChI is InChI=1S/C10H15NOS/c1-3-8-4-5-9(12-8)10-11-6-7(2)13-10/h4-5,7,10-11H,3,6H2,1-2H3. The molecule has 1 N–H and O–H groups in total. The van der Waals surface area contributed by atoms with E-state index in [0.29, 0.717) is 10.6 Å². The Labute approximate surface area is 83.1 Å². The molecule has 0 aliphatic carbocycles. The number of rotatable bonds is 2. The second-order valence-corrected chi connectivity index (χ2v) is 4.94. The van der Waals surface area contributed by atoms with E-state index >= 15 is 0 Å². The van der Waals surface area contributed by atoms with Crippen LogP contribution in [-0.4, -0.2) is 11.8 Å². The van der Waals surface area contributed by atoms with E-state index in [1.54, 1.807) is 0 Å². The second-order valence-electron chi connectivity index (χ2n) is 3.39. The molecule has 13 heavy (non-hydrogen) atoms. The first-order valence-electron chi connectivity index (χ1n) is 4.77. The fourth-order valence-electron chi connectivity index (χ4n) is 1.49. The lowest BCUT2D eigenvalue weighted by molar-refractivity contribution is 0.453. The van der Waals surface area contributed by atoms with E-state index in [1.165, 1.54) is 0 Å². The van der Waals surface area contributed by atoms with Crippen LogP contribution in [0.25, 0.3) is 0 Å². The van der Waals surface area contributed by atoms with Gasteiger partial charge in [0.25, 0.3) is 0 Å². The average Bonchev–Trinajstić information content (AvgIpc) is 2.71. The van der Waals surface area contributed by atoms with Crippen molar-refractivity contribution in [1.82, 2.24) is 5.32 Å². The predicted molar refractivity (Wildman–Crippen MR) is 55.9 cm³/mol. The van der Waals surface area contributed by atoms with E-state index in [9.17, 15) is 0 Å². The smallest absolute Gasteiger partial charge is 0.131 e. The normalized spacial score (nSPS) is 28.2. The van der Waals surface area contributed by atoms with Gasteiger partial charge in [0.05, 0.1) is 0 Å². The minimum atomic E-state index is 0.371. The number of thioether (sulfide) groups is 1. The van der Waals surface area contributed by atoms with E-state index in [0.717, 1.165) is 24.5 Å². The summed E-state index contributed by atoms with van der Waals surface area (Å²) >= 11 is 1.94. The van der Waals surface area contributed by atoms with Gasteiger partial charge in [0.2, 0.25) is 0 Å². The van der Waals surface area contributed by atoms with Gasteiger partial charge in [0.1, 0.15) is 16.9 Å². The minimum Gasteiger partial charge on any atom is -0.464 e. The van der Waals surface area contributed by atoms with Crippen LogP contribution in [0, 0.1) is 0 Å². The highest BCUT2D eigenvalue weighted by atomic mass is 32.2. The van der Waals surface area contributed by atoms with Crippen LogP contribution in [0.2, 0.25) is 0 Å². The van der Waals surface area contributed by atoms with Crippen molar-refractivity contribution in [2.24, 2.45) is 0 Å². The number of furan rings is 1. The molecule has 3 heteroatoms. The van der Waals surface area contributed by atoms with Crippen LogP contribution in [0.3, 0.4) is 0 Å². The van der Waals surface area contributed by atoms with Crippen molar-refractivity contribution < 1.29 is 4.42 Å². The molecular weight excluding hydrogens is 182 g/mol. The highest BCUT2D eigenvalue weighted by molar-refractivity contribution is 8.00. The Hall–Kier alpha value is -0.410. The van der Waals surface area contributed by atoms with Gasteiger partial charge in [-0.25, -0.2) is 0 Å². The van der Waals surface area contributed by atoms with Gasteiger partial charge in [-0.2, -0.15) is 0 Å². The van der Waals surface area contributed by atoms with Gasteiger partial charge >= 0.3 is 0 Å². The van der Waals surface area contributed by atoms with Crippen LogP contribution in [0.1, 0.15) is 30.7 Å². The first-order chi connectivity index (χ1) is 6.29. The zero-order valence-electron chi connectivity index (χ0n) is 8.04. The largest absolute Gasteiger partial charge is 0.464 e. The van der Waals surface area contributed by atoms with Gasteiger partial charge < -0.3 is 4.42 Å². The van der Waals surface area contributed by atoms with Crippen molar-refractivity contribution in [2.75, 3.05) is 6.54 Å². The molecule has 1 aromatic rings. The fraction of sp³-hybridized carbons (Fsp3) is 0.600. The maximum Gasteiger partial charge on any atom is 0.131 e. The molecule has 0 saturated carbocycles. The Bertz CT molecular complexity index is 284. The van der Waals surface area contributed by atoms with E-state index in [1.807, 2.05) is 11.8 Å². The van der Waals surface area contributed by atoms with Gasteiger partial charge in [-0.05, 0) is 12.1 Å². The summed E-state index contributed by atoms with van der Waals surface area (Å²) in [5.41, 5.74) is 0. The lowest BCUT2D eigenvalue weighted by atomic mass is 10.3.